The molecular formula is C18H28FNO. The van der Waals surface area contributed by atoms with Gasteiger partial charge in [0.25, 0.3) is 0 Å². The normalized spacial score (nSPS) is 24.0. The number of rotatable bonds is 7. The number of unbranched alkanes of at least 4 members (excludes halogenated alkanes) is 1. The minimum atomic E-state index is -0.177. The van der Waals surface area contributed by atoms with Crippen molar-refractivity contribution in [3.63, 3.8) is 0 Å². The topological polar surface area (TPSA) is 32.3 Å². The van der Waals surface area contributed by atoms with Gasteiger partial charge in [-0.15, -0.1) is 0 Å². The van der Waals surface area contributed by atoms with Gasteiger partial charge in [0, 0.05) is 6.04 Å². The van der Waals surface area contributed by atoms with Crippen molar-refractivity contribution < 1.29 is 9.50 Å². The molecule has 2 rings (SSSR count). The van der Waals surface area contributed by atoms with E-state index in [2.05, 4.69) is 12.2 Å². The Hall–Kier alpha value is -0.930. The van der Waals surface area contributed by atoms with Crippen molar-refractivity contribution in [3.8, 4) is 0 Å². The zero-order chi connectivity index (χ0) is 15.1. The molecule has 0 heterocycles. The molecule has 0 bridgehead atoms. The first-order chi connectivity index (χ1) is 10.2. The van der Waals surface area contributed by atoms with E-state index in [0.717, 1.165) is 32.2 Å². The van der Waals surface area contributed by atoms with E-state index >= 15 is 0 Å². The standard InChI is InChI=1S/C18H28FNO/c1-2-3-7-18(15-8-10-16(19)11-9-15)20-13-14-5-4-6-17(21)12-14/h8-11,14,17-18,20-21H,2-7,12-13H2,1H3. The second kappa shape index (κ2) is 8.50. The first-order valence-corrected chi connectivity index (χ1v) is 8.36. The van der Waals surface area contributed by atoms with Gasteiger partial charge < -0.3 is 10.4 Å². The third-order valence-corrected chi connectivity index (χ3v) is 4.53. The Morgan fingerprint density at radius 1 is 1.29 bits per heavy atom. The molecule has 2 N–H and O–H groups in total. The van der Waals surface area contributed by atoms with E-state index in [1.54, 1.807) is 12.1 Å². The second-order valence-electron chi connectivity index (χ2n) is 6.34. The van der Waals surface area contributed by atoms with Crippen LogP contribution < -0.4 is 5.32 Å². The zero-order valence-corrected chi connectivity index (χ0v) is 13.0. The summed E-state index contributed by atoms with van der Waals surface area (Å²) in [4.78, 5) is 0. The van der Waals surface area contributed by atoms with Crippen molar-refractivity contribution in [3.05, 3.63) is 35.6 Å². The highest BCUT2D eigenvalue weighted by Gasteiger charge is 2.21. The maximum atomic E-state index is 13.1. The van der Waals surface area contributed by atoms with E-state index in [9.17, 15) is 9.50 Å². The molecule has 2 nitrogen and oxygen atoms in total. The van der Waals surface area contributed by atoms with Crippen molar-refractivity contribution in [2.75, 3.05) is 6.54 Å². The molecule has 1 saturated carbocycles. The fourth-order valence-electron chi connectivity index (χ4n) is 3.25. The van der Waals surface area contributed by atoms with Gasteiger partial charge in [0.05, 0.1) is 6.10 Å². The van der Waals surface area contributed by atoms with Crippen LogP contribution in [-0.2, 0) is 0 Å². The minimum absolute atomic E-state index is 0.120. The predicted octanol–water partition coefficient (Wildman–Crippen LogP) is 4.20. The van der Waals surface area contributed by atoms with Crippen molar-refractivity contribution in [2.45, 2.75) is 64.0 Å². The lowest BCUT2D eigenvalue weighted by atomic mass is 9.87. The van der Waals surface area contributed by atoms with Gasteiger partial charge >= 0.3 is 0 Å². The van der Waals surface area contributed by atoms with Gasteiger partial charge in [0.15, 0.2) is 0 Å². The van der Waals surface area contributed by atoms with E-state index in [4.69, 9.17) is 0 Å². The van der Waals surface area contributed by atoms with E-state index in [0.29, 0.717) is 12.0 Å². The van der Waals surface area contributed by atoms with Crippen LogP contribution in [-0.4, -0.2) is 17.8 Å². The van der Waals surface area contributed by atoms with E-state index in [1.165, 1.54) is 24.8 Å². The average Bonchev–Trinajstić information content (AvgIpc) is 2.49. The summed E-state index contributed by atoms with van der Waals surface area (Å²) in [5, 5.41) is 13.4. The van der Waals surface area contributed by atoms with Gasteiger partial charge in [0.1, 0.15) is 5.82 Å². The van der Waals surface area contributed by atoms with Crippen LogP contribution in [0.15, 0.2) is 24.3 Å². The second-order valence-corrected chi connectivity index (χ2v) is 6.34. The Morgan fingerprint density at radius 2 is 2.05 bits per heavy atom. The molecule has 1 fully saturated rings. The molecule has 0 saturated heterocycles. The van der Waals surface area contributed by atoms with E-state index in [-0.39, 0.29) is 11.9 Å². The number of halogens is 1. The van der Waals surface area contributed by atoms with Crippen LogP contribution in [0.25, 0.3) is 0 Å². The Balaban J connectivity index is 1.91. The zero-order valence-electron chi connectivity index (χ0n) is 13.0. The molecule has 0 radical (unpaired) electrons. The lowest BCUT2D eigenvalue weighted by molar-refractivity contribution is 0.0994. The Kier molecular flexibility index (Phi) is 6.65. The monoisotopic (exact) mass is 293 g/mol. The van der Waals surface area contributed by atoms with Crippen LogP contribution in [0, 0.1) is 11.7 Å². The van der Waals surface area contributed by atoms with Gasteiger partial charge in [0.2, 0.25) is 0 Å². The highest BCUT2D eigenvalue weighted by molar-refractivity contribution is 5.19. The minimum Gasteiger partial charge on any atom is -0.393 e. The number of aliphatic hydroxyl groups excluding tert-OH is 1. The quantitative estimate of drug-likeness (QED) is 0.790. The van der Waals surface area contributed by atoms with Crippen molar-refractivity contribution in [1.29, 1.82) is 0 Å². The summed E-state index contributed by atoms with van der Waals surface area (Å²) in [7, 11) is 0. The first-order valence-electron chi connectivity index (χ1n) is 8.36. The largest absolute Gasteiger partial charge is 0.393 e. The molecule has 1 aliphatic rings. The Bertz CT molecular complexity index is 406. The fourth-order valence-corrected chi connectivity index (χ4v) is 3.25. The summed E-state index contributed by atoms with van der Waals surface area (Å²) in [6.07, 6.45) is 7.49. The van der Waals surface area contributed by atoms with Crippen molar-refractivity contribution in [2.24, 2.45) is 5.92 Å². The predicted molar refractivity (Wildman–Crippen MR) is 84.6 cm³/mol. The molecule has 0 spiro atoms. The summed E-state index contributed by atoms with van der Waals surface area (Å²) < 4.78 is 13.1. The summed E-state index contributed by atoms with van der Waals surface area (Å²) >= 11 is 0. The maximum absolute atomic E-state index is 13.1. The molecule has 3 atom stereocenters. The van der Waals surface area contributed by atoms with Gasteiger partial charge in [-0.25, -0.2) is 4.39 Å². The van der Waals surface area contributed by atoms with Crippen LogP contribution in [0.5, 0.6) is 0 Å². The van der Waals surface area contributed by atoms with E-state index in [1.807, 2.05) is 12.1 Å². The average molecular weight is 293 g/mol. The molecule has 1 aromatic rings. The van der Waals surface area contributed by atoms with Crippen LogP contribution in [0.4, 0.5) is 4.39 Å². The molecule has 0 aromatic heterocycles. The summed E-state index contributed by atoms with van der Waals surface area (Å²) in [6, 6.07) is 7.15. The number of hydrogen-bond acceptors (Lipinski definition) is 2. The van der Waals surface area contributed by atoms with Crippen LogP contribution >= 0.6 is 0 Å². The van der Waals surface area contributed by atoms with E-state index < -0.39 is 0 Å². The molecule has 1 aromatic carbocycles. The fraction of sp³-hybridized carbons (Fsp3) is 0.667. The third kappa shape index (κ3) is 5.40. The van der Waals surface area contributed by atoms with Gasteiger partial charge in [-0.1, -0.05) is 38.3 Å². The van der Waals surface area contributed by atoms with Crippen LogP contribution in [0.2, 0.25) is 0 Å². The smallest absolute Gasteiger partial charge is 0.123 e. The van der Waals surface area contributed by atoms with Crippen molar-refractivity contribution >= 4 is 0 Å². The number of aliphatic hydroxyl groups is 1. The van der Waals surface area contributed by atoms with Crippen LogP contribution in [0.1, 0.15) is 63.5 Å². The summed E-state index contributed by atoms with van der Waals surface area (Å²) in [6.45, 7) is 3.14. The van der Waals surface area contributed by atoms with Crippen LogP contribution in [0.3, 0.4) is 0 Å². The molecule has 0 aliphatic heterocycles. The highest BCUT2D eigenvalue weighted by atomic mass is 19.1. The molecule has 0 amide bonds. The van der Waals surface area contributed by atoms with Gasteiger partial charge in [-0.3, -0.25) is 0 Å². The highest BCUT2D eigenvalue weighted by Crippen LogP contribution is 2.26. The molecule has 1 aliphatic carbocycles. The van der Waals surface area contributed by atoms with Gasteiger partial charge in [-0.2, -0.15) is 0 Å². The third-order valence-electron chi connectivity index (χ3n) is 4.53. The number of benzene rings is 1. The Morgan fingerprint density at radius 3 is 2.71 bits per heavy atom. The first kappa shape index (κ1) is 16.4. The Labute approximate surface area is 127 Å². The lowest BCUT2D eigenvalue weighted by Crippen LogP contribution is -2.31. The van der Waals surface area contributed by atoms with Gasteiger partial charge in [-0.05, 0) is 55.8 Å². The molecule has 21 heavy (non-hydrogen) atoms. The number of hydrogen-bond donors (Lipinski definition) is 2. The SMILES string of the molecule is CCCCC(NCC1CCCC(O)C1)c1ccc(F)cc1. The maximum Gasteiger partial charge on any atom is 0.123 e. The molecular weight excluding hydrogens is 265 g/mol. The molecule has 118 valence electrons. The molecule has 3 unspecified atom stereocenters. The lowest BCUT2D eigenvalue weighted by Gasteiger charge is -2.28. The number of nitrogens with one attached hydrogen (secondary N) is 1. The molecule has 3 heteroatoms. The summed E-state index contributed by atoms with van der Waals surface area (Å²) in [5.41, 5.74) is 1.17. The van der Waals surface area contributed by atoms with Crippen molar-refractivity contribution in [1.82, 2.24) is 5.32 Å². The summed E-state index contributed by atoms with van der Waals surface area (Å²) in [5.74, 6) is 0.390.